The molecule has 4 aliphatic carbocycles. The average molecular weight is 1280 g/mol. The molecule has 0 aliphatic heterocycles. The third kappa shape index (κ3) is 18.8. The van der Waals surface area contributed by atoms with Gasteiger partial charge in [-0.05, 0) is 0 Å². The Balaban J connectivity index is 0.000000399. The van der Waals surface area contributed by atoms with Crippen molar-refractivity contribution in [1.82, 2.24) is 0 Å². The Morgan fingerprint density at radius 1 is 0.303 bits per heavy atom. The van der Waals surface area contributed by atoms with E-state index < -0.39 is 11.0 Å². The molecule has 0 amide bonds. The molecule has 4 aromatic carbocycles. The van der Waals surface area contributed by atoms with Gasteiger partial charge in [0.1, 0.15) is 0 Å². The Morgan fingerprint density at radius 2 is 0.455 bits per heavy atom. The van der Waals surface area contributed by atoms with Crippen molar-refractivity contribution >= 4 is 56.6 Å². The predicted molar refractivity (Wildman–Crippen MR) is 290 cm³/mol. The first-order valence-electron chi connectivity index (χ1n) is 22.8. The normalized spacial score (nSPS) is 19.0. The van der Waals surface area contributed by atoms with Gasteiger partial charge in [-0.1, -0.05) is 107 Å². The van der Waals surface area contributed by atoms with Crippen LogP contribution < -0.4 is 20.7 Å². The summed E-state index contributed by atoms with van der Waals surface area (Å²) >= 11 is 2.53. The zero-order valence-electron chi connectivity index (χ0n) is 42.7. The van der Waals surface area contributed by atoms with E-state index in [2.05, 4.69) is 256 Å². The fraction of sp³-hybridized carbons (Fsp3) is 0.333. The van der Waals surface area contributed by atoms with Crippen LogP contribution in [-0.4, -0.2) is 11.0 Å². The second-order valence-corrected chi connectivity index (χ2v) is 32.0. The molecule has 0 bridgehead atoms. The number of rotatable bonds is 4. The minimum atomic E-state index is -0.406. The van der Waals surface area contributed by atoms with Crippen molar-refractivity contribution in [3.8, 4) is 0 Å². The van der Waals surface area contributed by atoms with Crippen LogP contribution in [0.15, 0.2) is 188 Å². The molecule has 6 heteroatoms. The van der Waals surface area contributed by atoms with Crippen LogP contribution in [-0.2, 0) is 46.0 Å². The summed E-state index contributed by atoms with van der Waals surface area (Å²) in [7, 11) is 0. The van der Waals surface area contributed by atoms with Crippen LogP contribution in [0.25, 0.3) is 0 Å². The maximum absolute atomic E-state index is 3.36. The Labute approximate surface area is 445 Å². The van der Waals surface area contributed by atoms with Crippen LogP contribution >= 0.6 is 24.8 Å². The predicted octanol–water partition coefficient (Wildman–Crippen LogP) is 14.4. The summed E-state index contributed by atoms with van der Waals surface area (Å²) in [6, 6.07) is 43.5. The van der Waals surface area contributed by atoms with Crippen molar-refractivity contribution < 1.29 is 46.0 Å². The van der Waals surface area contributed by atoms with E-state index in [-0.39, 0.29) is 24.8 Å². The fourth-order valence-electron chi connectivity index (χ4n) is 7.40. The van der Waals surface area contributed by atoms with Crippen LogP contribution in [0.1, 0.15) is 111 Å². The standard InChI is InChI=1S/2C12H10Si.4C9H13.2ClH.2Hf/c2*1-3-7-11(8-4-1)13-12-9-5-2-6-10-12;4*1-6-5-7(2)9(4)8(6)3;;;;/h2*1-10H;4*6H,1-4H3;2*1H;;/q;;4*-1;;;2*+2. The van der Waals surface area contributed by atoms with E-state index in [0.717, 1.165) is 0 Å². The molecule has 0 aromatic heterocycles. The molecule has 0 heterocycles. The average Bonchev–Trinajstić information content (AvgIpc) is 3.87. The fourth-order valence-corrected chi connectivity index (χ4v) is 17.4. The van der Waals surface area contributed by atoms with Crippen molar-refractivity contribution in [2.75, 3.05) is 0 Å². The van der Waals surface area contributed by atoms with Gasteiger partial charge in [-0.15, -0.1) is 52.5 Å². The van der Waals surface area contributed by atoms with Crippen LogP contribution in [0.3, 0.4) is 0 Å². The van der Waals surface area contributed by atoms with Gasteiger partial charge in [0.25, 0.3) is 0 Å². The van der Waals surface area contributed by atoms with E-state index in [1.54, 1.807) is 0 Å². The zero-order chi connectivity index (χ0) is 47.7. The number of hydrogen-bond donors (Lipinski definition) is 0. The van der Waals surface area contributed by atoms with Crippen molar-refractivity contribution in [2.45, 2.75) is 111 Å². The maximum atomic E-state index is 3.36. The summed E-state index contributed by atoms with van der Waals surface area (Å²) in [6.45, 7) is 34.7. The Bertz CT molecular complexity index is 2120. The van der Waals surface area contributed by atoms with Crippen molar-refractivity contribution in [3.63, 3.8) is 0 Å². The molecule has 0 fully saturated rings. The summed E-state index contributed by atoms with van der Waals surface area (Å²) in [5.41, 5.74) is 16.2. The summed E-state index contributed by atoms with van der Waals surface area (Å²) < 4.78 is 0. The number of hydrogen-bond acceptors (Lipinski definition) is 0. The van der Waals surface area contributed by atoms with E-state index >= 15 is 0 Å². The molecule has 0 N–H and O–H groups in total. The number of allylic oxidation sites excluding steroid dienone is 16. The summed E-state index contributed by atoms with van der Waals surface area (Å²) in [5, 5.41) is 6.15. The van der Waals surface area contributed by atoms with Gasteiger partial charge in [0.15, 0.2) is 0 Å². The van der Waals surface area contributed by atoms with E-state index in [0.29, 0.717) is 23.7 Å². The molecule has 0 nitrogen and oxygen atoms in total. The second kappa shape index (κ2) is 30.9. The van der Waals surface area contributed by atoms with Gasteiger partial charge in [0, 0.05) is 0 Å². The van der Waals surface area contributed by atoms with E-state index in [9.17, 15) is 0 Å². The SMILES string of the molecule is CC1=[C-]C(C)C(C)=C1C.CC1=[C-]C(C)C(C)=C1C.CC1=[C-]C(C)C(C)=C1C.CC1=[C-]C(C)C(C)=C1C.Cl.Cl.[Hf+2]=[Si](c1ccccc1)c1ccccc1.[Hf+2]=[Si](c1ccccc1)c1ccccc1. The molecule has 4 aromatic rings. The van der Waals surface area contributed by atoms with Crippen molar-refractivity contribution in [1.29, 1.82) is 0 Å². The van der Waals surface area contributed by atoms with Gasteiger partial charge in [0.2, 0.25) is 0 Å². The first kappa shape index (κ1) is 61.6. The molecular weight excluding hydrogens is 1200 g/mol. The molecule has 0 radical (unpaired) electrons. The molecule has 8 rings (SSSR count). The van der Waals surface area contributed by atoms with Crippen LogP contribution in [0, 0.1) is 48.0 Å². The van der Waals surface area contributed by atoms with Gasteiger partial charge in [-0.25, -0.2) is 22.3 Å². The van der Waals surface area contributed by atoms with Gasteiger partial charge in [-0.2, -0.15) is 44.6 Å². The Morgan fingerprint density at radius 3 is 0.545 bits per heavy atom. The summed E-state index contributed by atoms with van der Waals surface area (Å²) in [6.07, 6.45) is 13.4. The number of benzene rings is 4. The Kier molecular flexibility index (Phi) is 28.8. The Hall–Kier alpha value is -2.45. The quantitative estimate of drug-likeness (QED) is 0.141. The van der Waals surface area contributed by atoms with Gasteiger partial charge >= 0.3 is 199 Å². The van der Waals surface area contributed by atoms with Crippen LogP contribution in [0.5, 0.6) is 0 Å². The number of halogens is 2. The molecule has 344 valence electrons. The molecule has 4 unspecified atom stereocenters. The molecule has 0 saturated carbocycles. The van der Waals surface area contributed by atoms with Gasteiger partial charge in [0.05, 0.1) is 0 Å². The zero-order valence-corrected chi connectivity index (χ0v) is 53.5. The summed E-state index contributed by atoms with van der Waals surface area (Å²) in [5.74, 6) is 2.24. The first-order valence-corrected chi connectivity index (χ1v) is 36.5. The third-order valence-electron chi connectivity index (χ3n) is 13.2. The molecular formula is C60H74Cl2Hf2Si2. The molecule has 66 heavy (non-hydrogen) atoms. The monoisotopic (exact) mass is 1280 g/mol. The molecule has 0 spiro atoms. The summed E-state index contributed by atoms with van der Waals surface area (Å²) in [4.78, 5) is 0. The minimum absolute atomic E-state index is 0. The van der Waals surface area contributed by atoms with Crippen molar-refractivity contribution in [2.24, 2.45) is 23.7 Å². The van der Waals surface area contributed by atoms with E-state index in [4.69, 9.17) is 0 Å². The second-order valence-electron chi connectivity index (χ2n) is 17.4. The molecule has 4 atom stereocenters. The third-order valence-corrected chi connectivity index (χ3v) is 29.3. The van der Waals surface area contributed by atoms with E-state index in [1.807, 2.05) is 0 Å². The van der Waals surface area contributed by atoms with Crippen molar-refractivity contribution in [3.05, 3.63) is 213 Å². The topological polar surface area (TPSA) is 0 Å². The molecule has 4 aliphatic rings. The van der Waals surface area contributed by atoms with Gasteiger partial charge in [-0.3, -0.25) is 24.3 Å². The van der Waals surface area contributed by atoms with E-state index in [1.165, 1.54) is 134 Å². The van der Waals surface area contributed by atoms with Crippen LogP contribution in [0.2, 0.25) is 0 Å². The first-order chi connectivity index (χ1) is 30.3. The van der Waals surface area contributed by atoms with Gasteiger partial charge < -0.3 is 0 Å². The molecule has 0 saturated heterocycles. The van der Waals surface area contributed by atoms with Crippen LogP contribution in [0.4, 0.5) is 0 Å².